The van der Waals surface area contributed by atoms with Crippen molar-refractivity contribution in [3.8, 4) is 0 Å². The summed E-state index contributed by atoms with van der Waals surface area (Å²) in [5, 5.41) is 0. The number of rotatable bonds is 14. The van der Waals surface area contributed by atoms with E-state index in [1.807, 2.05) is 0 Å². The van der Waals surface area contributed by atoms with Crippen molar-refractivity contribution in [2.75, 3.05) is 0 Å². The van der Waals surface area contributed by atoms with Gasteiger partial charge >= 0.3 is 0 Å². The average molecular weight is 401 g/mol. The molecule has 0 aromatic carbocycles. The molecule has 168 valence electrons. The minimum Gasteiger partial charge on any atom is -0.227 e. The first kappa shape index (κ1) is 25.9. The molecule has 4 unspecified atom stereocenters. The van der Waals surface area contributed by atoms with E-state index >= 15 is 0 Å². The Labute approximate surface area is 174 Å². The van der Waals surface area contributed by atoms with Crippen molar-refractivity contribution in [1.29, 1.82) is 0 Å². The third kappa shape index (κ3) is 7.27. The smallest absolute Gasteiger partial charge is 0.227 e. The highest BCUT2D eigenvalue weighted by atomic mass is 17.3. The number of unbranched alkanes of at least 4 members (excludes halogenated alkanes) is 2. The van der Waals surface area contributed by atoms with Crippen LogP contribution >= 0.6 is 0 Å². The zero-order valence-corrected chi connectivity index (χ0v) is 20.1. The lowest BCUT2D eigenvalue weighted by Gasteiger charge is -2.45. The standard InChI is InChI=1S/C24H48O4/c1-9-13-17-22(7,11-3)25-27-24(19-15-16-20(5)21(24)6)28-26-23(8,12-4)18-14-10-2/h20-21H,9-19H2,1-8H3. The van der Waals surface area contributed by atoms with Crippen molar-refractivity contribution in [2.24, 2.45) is 11.8 Å². The molecule has 1 aliphatic rings. The minimum atomic E-state index is -0.830. The van der Waals surface area contributed by atoms with Crippen molar-refractivity contribution in [1.82, 2.24) is 0 Å². The van der Waals surface area contributed by atoms with Crippen LogP contribution in [0.5, 0.6) is 0 Å². The minimum absolute atomic E-state index is 0.209. The first-order valence-electron chi connectivity index (χ1n) is 11.9. The lowest BCUT2D eigenvalue weighted by molar-refractivity contribution is -0.561. The molecule has 0 aromatic heterocycles. The quantitative estimate of drug-likeness (QED) is 0.170. The molecule has 1 rings (SSSR count). The van der Waals surface area contributed by atoms with Crippen LogP contribution in [0.4, 0.5) is 0 Å². The van der Waals surface area contributed by atoms with Crippen LogP contribution in [-0.2, 0) is 19.6 Å². The monoisotopic (exact) mass is 400 g/mol. The van der Waals surface area contributed by atoms with Crippen molar-refractivity contribution < 1.29 is 19.6 Å². The highest BCUT2D eigenvalue weighted by Gasteiger charge is 2.49. The SMILES string of the molecule is CCCCC(C)(CC)OOC1(OOC(C)(CC)CCCC)CCCC(C)C1C. The number of hydrogen-bond acceptors (Lipinski definition) is 4. The lowest BCUT2D eigenvalue weighted by atomic mass is 9.77. The molecule has 4 heteroatoms. The molecule has 1 fully saturated rings. The Morgan fingerprint density at radius 1 is 0.821 bits per heavy atom. The van der Waals surface area contributed by atoms with E-state index in [0.29, 0.717) is 5.92 Å². The summed E-state index contributed by atoms with van der Waals surface area (Å²) in [4.78, 5) is 24.6. The normalized spacial score (nSPS) is 30.0. The van der Waals surface area contributed by atoms with E-state index in [2.05, 4.69) is 55.4 Å². The summed E-state index contributed by atoms with van der Waals surface area (Å²) >= 11 is 0. The van der Waals surface area contributed by atoms with Gasteiger partial charge in [-0.15, -0.1) is 0 Å². The maximum atomic E-state index is 6.20. The number of hydrogen-bond donors (Lipinski definition) is 0. The van der Waals surface area contributed by atoms with E-state index in [1.54, 1.807) is 0 Å². The maximum Gasteiger partial charge on any atom is 0.236 e. The Morgan fingerprint density at radius 3 is 1.68 bits per heavy atom. The lowest BCUT2D eigenvalue weighted by Crippen LogP contribution is -2.51. The second kappa shape index (κ2) is 11.9. The van der Waals surface area contributed by atoms with Crippen LogP contribution in [0.3, 0.4) is 0 Å². The zero-order valence-electron chi connectivity index (χ0n) is 20.1. The molecule has 0 N–H and O–H groups in total. The van der Waals surface area contributed by atoms with Gasteiger partial charge in [-0.05, 0) is 51.9 Å². The maximum absolute atomic E-state index is 6.20. The molecule has 0 bridgehead atoms. The van der Waals surface area contributed by atoms with Crippen LogP contribution in [-0.4, -0.2) is 17.0 Å². The van der Waals surface area contributed by atoms with Gasteiger partial charge in [0.2, 0.25) is 5.79 Å². The van der Waals surface area contributed by atoms with E-state index in [9.17, 15) is 0 Å². The second-order valence-electron chi connectivity index (χ2n) is 9.62. The van der Waals surface area contributed by atoms with Gasteiger partial charge in [0.05, 0.1) is 0 Å². The van der Waals surface area contributed by atoms with Crippen molar-refractivity contribution >= 4 is 0 Å². The van der Waals surface area contributed by atoms with Gasteiger partial charge in [-0.25, -0.2) is 9.78 Å². The molecule has 0 aromatic rings. The molecule has 4 nitrogen and oxygen atoms in total. The molecular formula is C24H48O4. The van der Waals surface area contributed by atoms with Gasteiger partial charge in [0.25, 0.3) is 0 Å². The molecule has 1 saturated carbocycles. The molecule has 0 radical (unpaired) electrons. The topological polar surface area (TPSA) is 36.9 Å². The molecular weight excluding hydrogens is 352 g/mol. The van der Waals surface area contributed by atoms with Gasteiger partial charge in [-0.3, -0.25) is 0 Å². The Kier molecular flexibility index (Phi) is 11.0. The third-order valence-corrected chi connectivity index (χ3v) is 7.11. The van der Waals surface area contributed by atoms with E-state index in [-0.39, 0.29) is 17.1 Å². The summed E-state index contributed by atoms with van der Waals surface area (Å²) in [6.07, 6.45) is 11.4. The fourth-order valence-corrected chi connectivity index (χ4v) is 3.83. The van der Waals surface area contributed by atoms with Crippen LogP contribution in [0, 0.1) is 11.8 Å². The van der Waals surface area contributed by atoms with Gasteiger partial charge in [-0.1, -0.05) is 73.6 Å². The zero-order chi connectivity index (χ0) is 21.3. The fraction of sp³-hybridized carbons (Fsp3) is 1.00. The molecule has 0 heterocycles. The van der Waals surface area contributed by atoms with Crippen LogP contribution in [0.1, 0.15) is 126 Å². The molecule has 4 atom stereocenters. The van der Waals surface area contributed by atoms with Crippen molar-refractivity contribution in [2.45, 2.75) is 143 Å². The summed E-state index contributed by atoms with van der Waals surface area (Å²) in [7, 11) is 0. The molecule has 28 heavy (non-hydrogen) atoms. The Bertz CT molecular complexity index is 401. The fourth-order valence-electron chi connectivity index (χ4n) is 3.83. The second-order valence-corrected chi connectivity index (χ2v) is 9.62. The predicted molar refractivity (Wildman–Crippen MR) is 116 cm³/mol. The molecule has 0 spiro atoms. The van der Waals surface area contributed by atoms with E-state index < -0.39 is 5.79 Å². The van der Waals surface area contributed by atoms with Gasteiger partial charge in [-0.2, -0.15) is 9.78 Å². The highest BCUT2D eigenvalue weighted by molar-refractivity contribution is 4.85. The van der Waals surface area contributed by atoms with E-state index in [4.69, 9.17) is 19.6 Å². The van der Waals surface area contributed by atoms with Crippen LogP contribution < -0.4 is 0 Å². The largest absolute Gasteiger partial charge is 0.236 e. The summed E-state index contributed by atoms with van der Waals surface area (Å²) in [6.45, 7) is 17.5. The Hall–Kier alpha value is -0.160. The molecule has 0 saturated heterocycles. The predicted octanol–water partition coefficient (Wildman–Crippen LogP) is 7.75. The van der Waals surface area contributed by atoms with Crippen LogP contribution in [0.2, 0.25) is 0 Å². The van der Waals surface area contributed by atoms with Crippen molar-refractivity contribution in [3.05, 3.63) is 0 Å². The van der Waals surface area contributed by atoms with Gasteiger partial charge < -0.3 is 0 Å². The summed E-state index contributed by atoms with van der Waals surface area (Å²) in [6, 6.07) is 0. The molecule has 1 aliphatic carbocycles. The average Bonchev–Trinajstić information content (AvgIpc) is 2.71. The van der Waals surface area contributed by atoms with E-state index in [1.165, 1.54) is 6.42 Å². The first-order valence-corrected chi connectivity index (χ1v) is 11.9. The highest BCUT2D eigenvalue weighted by Crippen LogP contribution is 2.44. The van der Waals surface area contributed by atoms with Gasteiger partial charge in [0.1, 0.15) is 11.2 Å². The van der Waals surface area contributed by atoms with Crippen LogP contribution in [0.15, 0.2) is 0 Å². The molecule has 0 amide bonds. The van der Waals surface area contributed by atoms with E-state index in [0.717, 1.165) is 64.2 Å². The third-order valence-electron chi connectivity index (χ3n) is 7.11. The summed E-state index contributed by atoms with van der Waals surface area (Å²) in [5.41, 5.74) is -0.577. The van der Waals surface area contributed by atoms with Gasteiger partial charge in [0.15, 0.2) is 0 Å². The van der Waals surface area contributed by atoms with Crippen molar-refractivity contribution in [3.63, 3.8) is 0 Å². The summed E-state index contributed by atoms with van der Waals surface area (Å²) < 4.78 is 0. The van der Waals surface area contributed by atoms with Gasteiger partial charge in [0, 0.05) is 12.3 Å². The summed E-state index contributed by atoms with van der Waals surface area (Å²) in [5.74, 6) is -0.114. The molecule has 0 aliphatic heterocycles. The Balaban J connectivity index is 2.91. The first-order chi connectivity index (χ1) is 13.2. The van der Waals surface area contributed by atoms with Crippen LogP contribution in [0.25, 0.3) is 0 Å². The Morgan fingerprint density at radius 2 is 1.29 bits per heavy atom.